The van der Waals surface area contributed by atoms with Crippen LogP contribution in [0.3, 0.4) is 0 Å². The van der Waals surface area contributed by atoms with Crippen molar-refractivity contribution in [1.82, 2.24) is 0 Å². The molecule has 26 heavy (non-hydrogen) atoms. The molecule has 0 amide bonds. The minimum absolute atomic E-state index is 0.000477. The van der Waals surface area contributed by atoms with Gasteiger partial charge in [-0.2, -0.15) is 0 Å². The molecule has 3 rings (SSSR count). The van der Waals surface area contributed by atoms with E-state index in [0.29, 0.717) is 11.3 Å². The second-order valence-electron chi connectivity index (χ2n) is 5.25. The third kappa shape index (κ3) is 3.39. The number of rotatable bonds is 5. The van der Waals surface area contributed by atoms with Crippen LogP contribution in [0, 0.1) is 10.1 Å². The number of benzene rings is 2. The molecule has 0 N–H and O–H groups in total. The Morgan fingerprint density at radius 3 is 2.46 bits per heavy atom. The third-order valence-electron chi connectivity index (χ3n) is 3.66. The Labute approximate surface area is 148 Å². The first-order chi connectivity index (χ1) is 12.5. The van der Waals surface area contributed by atoms with Crippen LogP contribution in [0.1, 0.15) is 11.1 Å². The molecule has 1 aliphatic rings. The molecule has 0 atom stereocenters. The van der Waals surface area contributed by atoms with E-state index in [9.17, 15) is 14.9 Å². The van der Waals surface area contributed by atoms with Gasteiger partial charge >= 0.3 is 11.7 Å². The van der Waals surface area contributed by atoms with Crippen LogP contribution in [0.15, 0.2) is 53.2 Å². The van der Waals surface area contributed by atoms with Gasteiger partial charge in [-0.1, -0.05) is 12.1 Å². The second-order valence-corrected chi connectivity index (χ2v) is 5.25. The zero-order chi connectivity index (χ0) is 18.7. The number of aliphatic imine (C=N–C) groups is 1. The molecular formula is C18H14N2O6. The summed E-state index contributed by atoms with van der Waals surface area (Å²) in [5, 5.41) is 11.1. The van der Waals surface area contributed by atoms with Crippen molar-refractivity contribution in [3.63, 3.8) is 0 Å². The number of hydrogen-bond acceptors (Lipinski definition) is 7. The van der Waals surface area contributed by atoms with Gasteiger partial charge in [0.15, 0.2) is 11.4 Å². The highest BCUT2D eigenvalue weighted by Gasteiger charge is 2.26. The van der Waals surface area contributed by atoms with E-state index in [-0.39, 0.29) is 23.0 Å². The van der Waals surface area contributed by atoms with Crippen molar-refractivity contribution in [2.24, 2.45) is 4.99 Å². The summed E-state index contributed by atoms with van der Waals surface area (Å²) in [6.07, 6.45) is 1.56. The number of ether oxygens (including phenoxy) is 3. The Kier molecular flexibility index (Phi) is 4.66. The average molecular weight is 354 g/mol. The normalized spacial score (nSPS) is 14.8. The van der Waals surface area contributed by atoms with Crippen LogP contribution in [0.25, 0.3) is 6.08 Å². The van der Waals surface area contributed by atoms with Gasteiger partial charge in [0, 0.05) is 11.6 Å². The molecule has 0 spiro atoms. The molecule has 0 saturated heterocycles. The van der Waals surface area contributed by atoms with Crippen LogP contribution >= 0.6 is 0 Å². The number of nitrogens with zero attached hydrogens (tertiary/aromatic N) is 2. The van der Waals surface area contributed by atoms with Gasteiger partial charge in [0.25, 0.3) is 0 Å². The van der Waals surface area contributed by atoms with Crippen LogP contribution in [0.4, 0.5) is 5.69 Å². The molecule has 1 aliphatic heterocycles. The van der Waals surface area contributed by atoms with E-state index in [4.69, 9.17) is 14.2 Å². The van der Waals surface area contributed by atoms with Crippen molar-refractivity contribution in [3.05, 3.63) is 69.4 Å². The highest BCUT2D eigenvalue weighted by atomic mass is 16.6. The highest BCUT2D eigenvalue weighted by molar-refractivity contribution is 6.13. The van der Waals surface area contributed by atoms with Gasteiger partial charge < -0.3 is 14.2 Å². The largest absolute Gasteiger partial charge is 0.497 e. The Morgan fingerprint density at radius 1 is 1.12 bits per heavy atom. The summed E-state index contributed by atoms with van der Waals surface area (Å²) in [7, 11) is 2.90. The first kappa shape index (κ1) is 17.2. The minimum atomic E-state index is -0.630. The summed E-state index contributed by atoms with van der Waals surface area (Å²) < 4.78 is 15.2. The van der Waals surface area contributed by atoms with E-state index >= 15 is 0 Å². The number of cyclic esters (lactones) is 1. The molecule has 0 radical (unpaired) electrons. The van der Waals surface area contributed by atoms with E-state index in [0.717, 1.165) is 5.56 Å². The van der Waals surface area contributed by atoms with Gasteiger partial charge in [0.2, 0.25) is 5.90 Å². The van der Waals surface area contributed by atoms with E-state index < -0.39 is 10.9 Å². The number of carbonyl (C=O) groups excluding carboxylic acids is 1. The Bertz CT molecular complexity index is 931. The molecule has 0 fully saturated rings. The summed E-state index contributed by atoms with van der Waals surface area (Å²) in [5.41, 5.74) is 0.910. The summed E-state index contributed by atoms with van der Waals surface area (Å²) in [6, 6.07) is 11.3. The lowest BCUT2D eigenvalue weighted by atomic mass is 10.2. The monoisotopic (exact) mass is 354 g/mol. The number of nitro groups is 1. The van der Waals surface area contributed by atoms with Crippen molar-refractivity contribution in [1.29, 1.82) is 0 Å². The summed E-state index contributed by atoms with van der Waals surface area (Å²) >= 11 is 0. The number of nitro benzene ring substituents is 1. The van der Waals surface area contributed by atoms with Crippen LogP contribution in [-0.2, 0) is 9.53 Å². The van der Waals surface area contributed by atoms with Gasteiger partial charge in [0.05, 0.1) is 19.1 Å². The first-order valence-corrected chi connectivity index (χ1v) is 7.51. The molecule has 0 aliphatic carbocycles. The maximum atomic E-state index is 12.0. The van der Waals surface area contributed by atoms with Gasteiger partial charge in [-0.15, -0.1) is 0 Å². The topological polar surface area (TPSA) is 100 Å². The fourth-order valence-corrected chi connectivity index (χ4v) is 2.36. The number of esters is 1. The second kappa shape index (κ2) is 7.06. The molecule has 2 aromatic rings. The number of methoxy groups -OCH3 is 2. The average Bonchev–Trinajstić information content (AvgIpc) is 3.02. The van der Waals surface area contributed by atoms with Gasteiger partial charge in [0.1, 0.15) is 5.75 Å². The number of carbonyl (C=O) groups is 1. The molecular weight excluding hydrogens is 340 g/mol. The molecule has 132 valence electrons. The third-order valence-corrected chi connectivity index (χ3v) is 3.66. The Hall–Kier alpha value is -3.68. The molecule has 8 nitrogen and oxygen atoms in total. The smallest absolute Gasteiger partial charge is 0.363 e. The van der Waals surface area contributed by atoms with E-state index in [1.54, 1.807) is 37.5 Å². The summed E-state index contributed by atoms with van der Waals surface area (Å²) in [4.78, 5) is 26.7. The van der Waals surface area contributed by atoms with Crippen molar-refractivity contribution >= 4 is 23.6 Å². The Morgan fingerprint density at radius 2 is 1.85 bits per heavy atom. The maximum absolute atomic E-state index is 12.0. The summed E-state index contributed by atoms with van der Waals surface area (Å²) in [6.45, 7) is 0. The maximum Gasteiger partial charge on any atom is 0.363 e. The van der Waals surface area contributed by atoms with Crippen LogP contribution in [0.5, 0.6) is 11.5 Å². The van der Waals surface area contributed by atoms with Gasteiger partial charge in [-0.05, 0) is 35.9 Å². The molecule has 0 aromatic heterocycles. The van der Waals surface area contributed by atoms with Crippen molar-refractivity contribution in [3.8, 4) is 11.5 Å². The fraction of sp³-hybridized carbons (Fsp3) is 0.111. The molecule has 0 bridgehead atoms. The quantitative estimate of drug-likeness (QED) is 0.354. The standard InChI is InChI=1S/C18H14N2O6/c1-24-13-6-3-11(4-7-13)9-14-18(21)26-17(19-14)12-5-8-16(25-2)15(10-12)20(22)23/h3-10H,1-2H3. The lowest BCUT2D eigenvalue weighted by Crippen LogP contribution is -2.06. The van der Waals surface area contributed by atoms with E-state index in [1.165, 1.54) is 25.3 Å². The highest BCUT2D eigenvalue weighted by Crippen LogP contribution is 2.29. The minimum Gasteiger partial charge on any atom is -0.497 e. The lowest BCUT2D eigenvalue weighted by Gasteiger charge is -2.03. The van der Waals surface area contributed by atoms with E-state index in [2.05, 4.69) is 4.99 Å². The van der Waals surface area contributed by atoms with E-state index in [1.807, 2.05) is 0 Å². The first-order valence-electron chi connectivity index (χ1n) is 7.51. The zero-order valence-electron chi connectivity index (χ0n) is 14.0. The van der Waals surface area contributed by atoms with Crippen molar-refractivity contribution in [2.45, 2.75) is 0 Å². The SMILES string of the molecule is COc1ccc(C=C2N=C(c3ccc(OC)c([N+](=O)[O-])c3)OC2=O)cc1. The summed E-state index contributed by atoms with van der Waals surface area (Å²) in [5.74, 6) is 0.170. The van der Waals surface area contributed by atoms with Gasteiger partial charge in [-0.3, -0.25) is 10.1 Å². The Balaban J connectivity index is 1.93. The fourth-order valence-electron chi connectivity index (χ4n) is 2.36. The predicted octanol–water partition coefficient (Wildman–Crippen LogP) is 2.96. The molecule has 0 saturated carbocycles. The molecule has 2 aromatic carbocycles. The van der Waals surface area contributed by atoms with Crippen LogP contribution in [0.2, 0.25) is 0 Å². The number of hydrogen-bond donors (Lipinski definition) is 0. The van der Waals surface area contributed by atoms with Crippen LogP contribution < -0.4 is 9.47 Å². The van der Waals surface area contributed by atoms with Crippen LogP contribution in [-0.4, -0.2) is 31.0 Å². The van der Waals surface area contributed by atoms with Crippen molar-refractivity contribution < 1.29 is 23.9 Å². The lowest BCUT2D eigenvalue weighted by molar-refractivity contribution is -0.385. The molecule has 0 unspecified atom stereocenters. The zero-order valence-corrected chi connectivity index (χ0v) is 14.0. The van der Waals surface area contributed by atoms with Gasteiger partial charge in [-0.25, -0.2) is 9.79 Å². The predicted molar refractivity (Wildman–Crippen MR) is 93.2 cm³/mol. The molecule has 1 heterocycles. The van der Waals surface area contributed by atoms with Crippen molar-refractivity contribution in [2.75, 3.05) is 14.2 Å². The molecule has 8 heteroatoms.